The number of non-ortho nitro benzene ring substituents is 1. The fourth-order valence-corrected chi connectivity index (χ4v) is 6.78. The summed E-state index contributed by atoms with van der Waals surface area (Å²) in [5.41, 5.74) is 1.58. The van der Waals surface area contributed by atoms with E-state index in [1.54, 1.807) is 36.4 Å². The molecule has 0 atom stereocenters. The van der Waals surface area contributed by atoms with E-state index in [1.165, 1.54) is 22.8 Å². The molecule has 0 aliphatic heterocycles. The average Bonchev–Trinajstić information content (AvgIpc) is 3.19. The summed E-state index contributed by atoms with van der Waals surface area (Å²) in [6.07, 6.45) is 1.47. The SMILES string of the molecule is C=CCn1c(NS(=O)(=O)c2ccc([N+](=O)[O-])cc2)c(S(=O)(=O)c2ccc(C)cc2)c2nc3ccccc3nc21. The molecular weight excluding hydrogens is 542 g/mol. The second-order valence-corrected chi connectivity index (χ2v) is 12.2. The maximum atomic E-state index is 14.1. The van der Waals surface area contributed by atoms with E-state index in [9.17, 15) is 26.9 Å². The fraction of sp³-hybridized carbons (Fsp3) is 0.0769. The van der Waals surface area contributed by atoms with Crippen LogP contribution in [0.1, 0.15) is 5.56 Å². The Morgan fingerprint density at radius 2 is 1.51 bits per heavy atom. The number of nitro benzene ring substituents is 1. The molecule has 13 heteroatoms. The van der Waals surface area contributed by atoms with E-state index in [0.717, 1.165) is 29.8 Å². The molecule has 5 aromatic rings. The summed E-state index contributed by atoms with van der Waals surface area (Å²) < 4.78 is 58.8. The van der Waals surface area contributed by atoms with Crippen molar-refractivity contribution >= 4 is 53.6 Å². The summed E-state index contributed by atoms with van der Waals surface area (Å²) in [6.45, 7) is 5.55. The third-order valence-electron chi connectivity index (χ3n) is 6.01. The maximum absolute atomic E-state index is 14.1. The van der Waals surface area contributed by atoms with E-state index in [2.05, 4.69) is 21.3 Å². The Kier molecular flexibility index (Phi) is 6.40. The first-order valence-electron chi connectivity index (χ1n) is 11.5. The van der Waals surface area contributed by atoms with Crippen LogP contribution in [-0.4, -0.2) is 36.3 Å². The highest BCUT2D eigenvalue weighted by Crippen LogP contribution is 2.38. The molecule has 3 aromatic carbocycles. The zero-order chi connectivity index (χ0) is 27.9. The van der Waals surface area contributed by atoms with E-state index < -0.39 is 24.8 Å². The molecule has 11 nitrogen and oxygen atoms in total. The van der Waals surface area contributed by atoms with E-state index >= 15 is 0 Å². The lowest BCUT2D eigenvalue weighted by molar-refractivity contribution is -0.384. The molecule has 0 bridgehead atoms. The number of nitrogens with zero attached hydrogens (tertiary/aromatic N) is 4. The Morgan fingerprint density at radius 3 is 2.10 bits per heavy atom. The van der Waals surface area contributed by atoms with Gasteiger partial charge in [0.1, 0.15) is 16.2 Å². The molecule has 2 aromatic heterocycles. The number of para-hydroxylation sites is 2. The second kappa shape index (κ2) is 9.60. The van der Waals surface area contributed by atoms with Gasteiger partial charge in [0.05, 0.1) is 25.7 Å². The molecule has 5 rings (SSSR count). The molecule has 0 aliphatic carbocycles. The molecule has 2 heterocycles. The van der Waals surface area contributed by atoms with Gasteiger partial charge >= 0.3 is 0 Å². The van der Waals surface area contributed by atoms with Crippen LogP contribution in [0, 0.1) is 17.0 Å². The molecular formula is C26H21N5O6S2. The first-order chi connectivity index (χ1) is 18.5. The van der Waals surface area contributed by atoms with Crippen LogP contribution in [0.4, 0.5) is 11.5 Å². The zero-order valence-electron chi connectivity index (χ0n) is 20.5. The Labute approximate surface area is 223 Å². The van der Waals surface area contributed by atoms with E-state index in [0.29, 0.717) is 11.0 Å². The number of nitro groups is 1. The van der Waals surface area contributed by atoms with Gasteiger partial charge in [-0.05, 0) is 43.3 Å². The highest BCUT2D eigenvalue weighted by molar-refractivity contribution is 7.93. The highest BCUT2D eigenvalue weighted by Gasteiger charge is 2.33. The van der Waals surface area contributed by atoms with Crippen LogP contribution in [0.5, 0.6) is 0 Å². The number of rotatable bonds is 8. The van der Waals surface area contributed by atoms with Crippen LogP contribution >= 0.6 is 0 Å². The van der Waals surface area contributed by atoms with Crippen molar-refractivity contribution in [3.05, 3.63) is 101 Å². The lowest BCUT2D eigenvalue weighted by atomic mass is 10.2. The number of hydrogen-bond donors (Lipinski definition) is 1. The van der Waals surface area contributed by atoms with Gasteiger partial charge in [-0.2, -0.15) is 0 Å². The van der Waals surface area contributed by atoms with Crippen LogP contribution in [0.2, 0.25) is 0 Å². The Balaban J connectivity index is 1.81. The lowest BCUT2D eigenvalue weighted by Crippen LogP contribution is -2.18. The number of allylic oxidation sites excluding steroid dienone is 1. The summed E-state index contributed by atoms with van der Waals surface area (Å²) in [6, 6.07) is 17.3. The van der Waals surface area contributed by atoms with Gasteiger partial charge in [0.15, 0.2) is 5.65 Å². The molecule has 198 valence electrons. The van der Waals surface area contributed by atoms with E-state index in [4.69, 9.17) is 0 Å². The first kappa shape index (κ1) is 26.0. The van der Waals surface area contributed by atoms with Gasteiger partial charge in [-0.3, -0.25) is 14.8 Å². The largest absolute Gasteiger partial charge is 0.305 e. The number of hydrogen-bond acceptors (Lipinski definition) is 8. The number of sulfone groups is 1. The van der Waals surface area contributed by atoms with Crippen molar-refractivity contribution in [2.24, 2.45) is 0 Å². The van der Waals surface area contributed by atoms with Crippen molar-refractivity contribution in [3.8, 4) is 0 Å². The predicted molar refractivity (Wildman–Crippen MR) is 146 cm³/mol. The van der Waals surface area contributed by atoms with Gasteiger partial charge in [0, 0.05) is 18.7 Å². The van der Waals surface area contributed by atoms with Crippen molar-refractivity contribution in [1.29, 1.82) is 0 Å². The number of nitrogens with one attached hydrogen (secondary N) is 1. The quantitative estimate of drug-likeness (QED) is 0.163. The summed E-state index contributed by atoms with van der Waals surface area (Å²) in [5.74, 6) is -0.279. The van der Waals surface area contributed by atoms with Crippen molar-refractivity contribution in [3.63, 3.8) is 0 Å². The normalized spacial score (nSPS) is 12.0. The first-order valence-corrected chi connectivity index (χ1v) is 14.5. The molecule has 0 saturated heterocycles. The van der Waals surface area contributed by atoms with Crippen molar-refractivity contribution in [2.45, 2.75) is 28.2 Å². The molecule has 1 N–H and O–H groups in total. The molecule has 0 amide bonds. The number of anilines is 1. The third kappa shape index (κ3) is 4.62. The Bertz CT molecular complexity index is 1980. The summed E-state index contributed by atoms with van der Waals surface area (Å²) in [4.78, 5) is 18.8. The molecule has 39 heavy (non-hydrogen) atoms. The van der Waals surface area contributed by atoms with Gasteiger partial charge in [0.25, 0.3) is 15.7 Å². The van der Waals surface area contributed by atoms with Crippen LogP contribution in [0.15, 0.2) is 100 Å². The molecule has 0 aliphatic rings. The van der Waals surface area contributed by atoms with Gasteiger partial charge in [-0.1, -0.05) is 35.9 Å². The van der Waals surface area contributed by atoms with E-state index in [-0.39, 0.29) is 43.9 Å². The molecule has 0 unspecified atom stereocenters. The zero-order valence-corrected chi connectivity index (χ0v) is 22.1. The summed E-state index contributed by atoms with van der Waals surface area (Å²) in [7, 11) is -8.74. The predicted octanol–water partition coefficient (Wildman–Crippen LogP) is 4.62. The molecule has 0 saturated carbocycles. The van der Waals surface area contributed by atoms with Crippen molar-refractivity contribution in [1.82, 2.24) is 14.5 Å². The number of benzene rings is 3. The van der Waals surface area contributed by atoms with Crippen molar-refractivity contribution in [2.75, 3.05) is 4.72 Å². The van der Waals surface area contributed by atoms with Crippen LogP contribution < -0.4 is 4.72 Å². The topological polar surface area (TPSA) is 154 Å². The monoisotopic (exact) mass is 563 g/mol. The van der Waals surface area contributed by atoms with Gasteiger partial charge in [0.2, 0.25) is 9.84 Å². The standard InChI is InChI=1S/C26H21N5O6S2/c1-3-16-30-25-23(27-21-6-4-5-7-22(21)28-25)24(38(34,35)19-12-8-17(2)9-13-19)26(30)29-39(36,37)20-14-10-18(11-15-20)31(32)33/h3-15,29H,1,16H2,2H3. The minimum atomic E-state index is -4.41. The summed E-state index contributed by atoms with van der Waals surface area (Å²) >= 11 is 0. The third-order valence-corrected chi connectivity index (χ3v) is 9.18. The van der Waals surface area contributed by atoms with Gasteiger partial charge in [-0.15, -0.1) is 6.58 Å². The fourth-order valence-electron chi connectivity index (χ4n) is 4.10. The Morgan fingerprint density at radius 1 is 0.923 bits per heavy atom. The van der Waals surface area contributed by atoms with Crippen molar-refractivity contribution < 1.29 is 21.8 Å². The smallest absolute Gasteiger partial charge is 0.269 e. The van der Waals surface area contributed by atoms with Crippen LogP contribution in [0.25, 0.3) is 22.2 Å². The number of aryl methyl sites for hydroxylation is 1. The van der Waals surface area contributed by atoms with E-state index in [1.807, 2.05) is 6.92 Å². The average molecular weight is 564 g/mol. The number of aromatic nitrogens is 3. The van der Waals surface area contributed by atoms with Crippen LogP contribution in [0.3, 0.4) is 0 Å². The Hall–Kier alpha value is -4.62. The molecule has 0 fully saturated rings. The lowest BCUT2D eigenvalue weighted by Gasteiger charge is -2.13. The summed E-state index contributed by atoms with van der Waals surface area (Å²) in [5, 5.41) is 11.0. The molecule has 0 radical (unpaired) electrons. The maximum Gasteiger partial charge on any atom is 0.269 e. The minimum Gasteiger partial charge on any atom is -0.305 e. The number of sulfonamides is 1. The van der Waals surface area contributed by atoms with Crippen LogP contribution in [-0.2, 0) is 26.4 Å². The van der Waals surface area contributed by atoms with Gasteiger partial charge in [-0.25, -0.2) is 26.8 Å². The van der Waals surface area contributed by atoms with Gasteiger partial charge < -0.3 is 4.57 Å². The second-order valence-electron chi connectivity index (χ2n) is 8.63. The highest BCUT2D eigenvalue weighted by atomic mass is 32.2. The number of fused-ring (bicyclic) bond motifs is 2. The molecule has 0 spiro atoms. The minimum absolute atomic E-state index is 0.00501.